The molecule has 0 aliphatic heterocycles. The van der Waals surface area contributed by atoms with E-state index >= 15 is 0 Å². The lowest BCUT2D eigenvalue weighted by atomic mass is 10.3. The van der Waals surface area contributed by atoms with E-state index in [9.17, 15) is 0 Å². The number of thiophene rings is 1. The Balaban J connectivity index is 2.39. The molecule has 4 nitrogen and oxygen atoms in total. The SMILES string of the molecule is COCC(C)NC(N)=NCc1csc(Br)c1. The van der Waals surface area contributed by atoms with E-state index < -0.39 is 0 Å². The molecular weight excluding hydrogens is 290 g/mol. The number of nitrogens with zero attached hydrogens (tertiary/aromatic N) is 1. The van der Waals surface area contributed by atoms with Crippen LogP contribution in [0.4, 0.5) is 0 Å². The first-order chi connectivity index (χ1) is 7.61. The van der Waals surface area contributed by atoms with Crippen molar-refractivity contribution in [3.05, 3.63) is 20.8 Å². The molecule has 3 N–H and O–H groups in total. The molecule has 0 aliphatic rings. The van der Waals surface area contributed by atoms with Crippen molar-refractivity contribution < 1.29 is 4.74 Å². The molecule has 1 heterocycles. The van der Waals surface area contributed by atoms with E-state index in [0.29, 0.717) is 19.1 Å². The number of nitrogens with two attached hydrogens (primary N) is 1. The minimum atomic E-state index is 0.169. The summed E-state index contributed by atoms with van der Waals surface area (Å²) in [7, 11) is 1.66. The van der Waals surface area contributed by atoms with Crippen molar-refractivity contribution >= 4 is 33.2 Å². The van der Waals surface area contributed by atoms with Crippen molar-refractivity contribution in [1.29, 1.82) is 0 Å². The van der Waals surface area contributed by atoms with Gasteiger partial charge in [-0.05, 0) is 39.9 Å². The first-order valence-corrected chi connectivity index (χ1v) is 6.57. The summed E-state index contributed by atoms with van der Waals surface area (Å²) in [5, 5.41) is 5.11. The predicted octanol–water partition coefficient (Wildman–Crippen LogP) is 1.95. The number of guanidine groups is 1. The first-order valence-electron chi connectivity index (χ1n) is 4.90. The Hall–Kier alpha value is -0.590. The minimum Gasteiger partial charge on any atom is -0.383 e. The van der Waals surface area contributed by atoms with Crippen molar-refractivity contribution in [1.82, 2.24) is 5.32 Å². The Morgan fingerprint density at radius 3 is 3.06 bits per heavy atom. The third-order valence-electron chi connectivity index (χ3n) is 1.86. The largest absolute Gasteiger partial charge is 0.383 e. The molecule has 0 aromatic carbocycles. The van der Waals surface area contributed by atoms with Crippen molar-refractivity contribution in [2.45, 2.75) is 19.5 Å². The van der Waals surface area contributed by atoms with Crippen LogP contribution in [-0.4, -0.2) is 25.7 Å². The van der Waals surface area contributed by atoms with Gasteiger partial charge in [0.25, 0.3) is 0 Å². The highest BCUT2D eigenvalue weighted by molar-refractivity contribution is 9.11. The van der Waals surface area contributed by atoms with Gasteiger partial charge in [0, 0.05) is 13.2 Å². The van der Waals surface area contributed by atoms with Crippen LogP contribution in [0.5, 0.6) is 0 Å². The molecular formula is C10H16BrN3OS. The van der Waals surface area contributed by atoms with Crippen LogP contribution < -0.4 is 11.1 Å². The van der Waals surface area contributed by atoms with Crippen molar-refractivity contribution in [3.8, 4) is 0 Å². The van der Waals surface area contributed by atoms with Gasteiger partial charge in [-0.1, -0.05) is 0 Å². The van der Waals surface area contributed by atoms with Crippen molar-refractivity contribution in [3.63, 3.8) is 0 Å². The fraction of sp³-hybridized carbons (Fsp3) is 0.500. The van der Waals surface area contributed by atoms with Crippen LogP contribution in [0.3, 0.4) is 0 Å². The van der Waals surface area contributed by atoms with E-state index in [-0.39, 0.29) is 6.04 Å². The van der Waals surface area contributed by atoms with Crippen LogP contribution in [0.15, 0.2) is 20.2 Å². The smallest absolute Gasteiger partial charge is 0.189 e. The number of hydrogen-bond donors (Lipinski definition) is 2. The van der Waals surface area contributed by atoms with E-state index in [1.165, 1.54) is 0 Å². The molecule has 1 unspecified atom stereocenters. The number of hydrogen-bond acceptors (Lipinski definition) is 3. The predicted molar refractivity (Wildman–Crippen MR) is 71.8 cm³/mol. The zero-order valence-electron chi connectivity index (χ0n) is 9.37. The van der Waals surface area contributed by atoms with Crippen LogP contribution >= 0.6 is 27.3 Å². The van der Waals surface area contributed by atoms with Gasteiger partial charge in [0.15, 0.2) is 5.96 Å². The summed E-state index contributed by atoms with van der Waals surface area (Å²) in [5.41, 5.74) is 6.89. The normalized spacial score (nSPS) is 13.8. The molecule has 0 saturated heterocycles. The van der Waals surface area contributed by atoms with Gasteiger partial charge in [-0.15, -0.1) is 11.3 Å². The number of rotatable bonds is 5. The summed E-state index contributed by atoms with van der Waals surface area (Å²) in [5.74, 6) is 0.451. The summed E-state index contributed by atoms with van der Waals surface area (Å²) in [4.78, 5) is 4.24. The Labute approximate surface area is 108 Å². The average Bonchev–Trinajstić information content (AvgIpc) is 2.61. The molecule has 1 aromatic heterocycles. The van der Waals surface area contributed by atoms with Crippen LogP contribution in [0.2, 0.25) is 0 Å². The summed E-state index contributed by atoms with van der Waals surface area (Å²) < 4.78 is 6.10. The summed E-state index contributed by atoms with van der Waals surface area (Å²) in [6.07, 6.45) is 0. The topological polar surface area (TPSA) is 59.6 Å². The Kier molecular flexibility index (Phi) is 5.79. The maximum Gasteiger partial charge on any atom is 0.189 e. The molecule has 1 atom stereocenters. The number of aliphatic imine (C=N–C) groups is 1. The van der Waals surface area contributed by atoms with Gasteiger partial charge in [0.2, 0.25) is 0 Å². The van der Waals surface area contributed by atoms with Crippen LogP contribution in [0, 0.1) is 0 Å². The maximum absolute atomic E-state index is 5.73. The number of methoxy groups -OCH3 is 1. The molecule has 90 valence electrons. The van der Waals surface area contributed by atoms with Gasteiger partial charge < -0.3 is 15.8 Å². The second-order valence-electron chi connectivity index (χ2n) is 3.46. The van der Waals surface area contributed by atoms with E-state index in [0.717, 1.165) is 9.35 Å². The zero-order chi connectivity index (χ0) is 12.0. The highest BCUT2D eigenvalue weighted by Gasteiger charge is 2.01. The molecule has 6 heteroatoms. The minimum absolute atomic E-state index is 0.169. The number of ether oxygens (including phenoxy) is 1. The third-order valence-corrected chi connectivity index (χ3v) is 3.42. The molecule has 0 amide bonds. The molecule has 0 aliphatic carbocycles. The molecule has 0 spiro atoms. The quantitative estimate of drug-likeness (QED) is 0.646. The highest BCUT2D eigenvalue weighted by atomic mass is 79.9. The first kappa shape index (κ1) is 13.5. The van der Waals surface area contributed by atoms with Gasteiger partial charge in [0.05, 0.1) is 16.9 Å². The average molecular weight is 306 g/mol. The Morgan fingerprint density at radius 1 is 1.75 bits per heavy atom. The fourth-order valence-corrected chi connectivity index (χ4v) is 2.40. The lowest BCUT2D eigenvalue weighted by Crippen LogP contribution is -2.40. The van der Waals surface area contributed by atoms with E-state index in [1.807, 2.05) is 13.0 Å². The van der Waals surface area contributed by atoms with Gasteiger partial charge in [-0.3, -0.25) is 0 Å². The Morgan fingerprint density at radius 2 is 2.50 bits per heavy atom. The van der Waals surface area contributed by atoms with Gasteiger partial charge >= 0.3 is 0 Å². The number of halogens is 1. The van der Waals surface area contributed by atoms with Crippen molar-refractivity contribution in [2.75, 3.05) is 13.7 Å². The number of nitrogens with one attached hydrogen (secondary N) is 1. The lowest BCUT2D eigenvalue weighted by Gasteiger charge is -2.12. The molecule has 0 radical (unpaired) electrons. The van der Waals surface area contributed by atoms with Crippen molar-refractivity contribution in [2.24, 2.45) is 10.7 Å². The van der Waals surface area contributed by atoms with E-state index in [2.05, 4.69) is 31.6 Å². The summed E-state index contributed by atoms with van der Waals surface area (Å²) >= 11 is 5.05. The molecule has 1 aromatic rings. The fourth-order valence-electron chi connectivity index (χ4n) is 1.19. The molecule has 0 bridgehead atoms. The summed E-state index contributed by atoms with van der Waals surface area (Å²) in [6, 6.07) is 2.21. The lowest BCUT2D eigenvalue weighted by molar-refractivity contribution is 0.179. The third kappa shape index (κ3) is 4.96. The Bertz CT molecular complexity index is 354. The second kappa shape index (κ2) is 6.88. The van der Waals surface area contributed by atoms with Crippen LogP contribution in [0.1, 0.15) is 12.5 Å². The molecule has 0 fully saturated rings. The van der Waals surface area contributed by atoms with Crippen LogP contribution in [0.25, 0.3) is 0 Å². The highest BCUT2D eigenvalue weighted by Crippen LogP contribution is 2.20. The summed E-state index contributed by atoms with van der Waals surface area (Å²) in [6.45, 7) is 3.20. The van der Waals surface area contributed by atoms with Gasteiger partial charge in [0.1, 0.15) is 0 Å². The second-order valence-corrected chi connectivity index (χ2v) is 5.75. The standard InChI is InChI=1S/C10H16BrN3OS/c1-7(5-15-2)14-10(12)13-4-8-3-9(11)16-6-8/h3,6-7H,4-5H2,1-2H3,(H3,12,13,14). The maximum atomic E-state index is 5.73. The van der Waals surface area contributed by atoms with E-state index in [1.54, 1.807) is 18.4 Å². The van der Waals surface area contributed by atoms with Gasteiger partial charge in [-0.2, -0.15) is 0 Å². The molecule has 0 saturated carbocycles. The van der Waals surface area contributed by atoms with E-state index in [4.69, 9.17) is 10.5 Å². The molecule has 16 heavy (non-hydrogen) atoms. The van der Waals surface area contributed by atoms with Gasteiger partial charge in [-0.25, -0.2) is 4.99 Å². The monoisotopic (exact) mass is 305 g/mol. The van der Waals surface area contributed by atoms with Crippen LogP contribution in [-0.2, 0) is 11.3 Å². The zero-order valence-corrected chi connectivity index (χ0v) is 11.8. The molecule has 1 rings (SSSR count).